The highest BCUT2D eigenvalue weighted by Gasteiger charge is 2.13. The molecule has 0 radical (unpaired) electrons. The summed E-state index contributed by atoms with van der Waals surface area (Å²) in [6.45, 7) is 11.4. The highest BCUT2D eigenvalue weighted by atomic mass is 19.1. The summed E-state index contributed by atoms with van der Waals surface area (Å²) in [5.74, 6) is 0.565. The molecule has 20 heavy (non-hydrogen) atoms. The largest absolute Gasteiger partial charge is 0.310 e. The zero-order chi connectivity index (χ0) is 15.1. The van der Waals surface area contributed by atoms with Crippen LogP contribution in [0.4, 0.5) is 4.39 Å². The standard InChI is InChI=1S/C17H29FN2/c1-6-19-17(9-10-20(5)12-13(2)3)15-8-7-14(4)16(18)11-15/h7-8,11,13,17,19H,6,9-10,12H2,1-5H3. The lowest BCUT2D eigenvalue weighted by atomic mass is 10.0. The lowest BCUT2D eigenvalue weighted by Crippen LogP contribution is -2.29. The van der Waals surface area contributed by atoms with Crippen molar-refractivity contribution in [2.45, 2.75) is 40.2 Å². The Kier molecular flexibility index (Phi) is 7.17. The highest BCUT2D eigenvalue weighted by molar-refractivity contribution is 5.25. The molecule has 1 unspecified atom stereocenters. The van der Waals surface area contributed by atoms with Crippen LogP contribution < -0.4 is 5.32 Å². The average molecular weight is 280 g/mol. The lowest BCUT2D eigenvalue weighted by molar-refractivity contribution is 0.277. The van der Waals surface area contributed by atoms with E-state index in [1.807, 2.05) is 12.1 Å². The summed E-state index contributed by atoms with van der Waals surface area (Å²) in [7, 11) is 2.15. The minimum atomic E-state index is -0.110. The molecular weight excluding hydrogens is 251 g/mol. The second-order valence-electron chi connectivity index (χ2n) is 6.06. The first-order valence-corrected chi connectivity index (χ1v) is 7.62. The molecule has 0 fully saturated rings. The van der Waals surface area contributed by atoms with Gasteiger partial charge in [0.2, 0.25) is 0 Å². The predicted octanol–water partition coefficient (Wildman–Crippen LogP) is 3.76. The van der Waals surface area contributed by atoms with Crippen molar-refractivity contribution >= 4 is 0 Å². The van der Waals surface area contributed by atoms with E-state index in [0.29, 0.717) is 11.5 Å². The van der Waals surface area contributed by atoms with E-state index >= 15 is 0 Å². The fraction of sp³-hybridized carbons (Fsp3) is 0.647. The van der Waals surface area contributed by atoms with Crippen LogP contribution in [0, 0.1) is 18.7 Å². The first-order chi connectivity index (χ1) is 9.43. The summed E-state index contributed by atoms with van der Waals surface area (Å²) in [6, 6.07) is 5.80. The molecule has 3 heteroatoms. The summed E-state index contributed by atoms with van der Waals surface area (Å²) < 4.78 is 13.7. The van der Waals surface area contributed by atoms with E-state index < -0.39 is 0 Å². The predicted molar refractivity (Wildman–Crippen MR) is 84.5 cm³/mol. The molecule has 0 aliphatic heterocycles. The number of rotatable bonds is 8. The Morgan fingerprint density at radius 3 is 2.55 bits per heavy atom. The first-order valence-electron chi connectivity index (χ1n) is 7.62. The Labute approximate surface area is 123 Å². The fourth-order valence-electron chi connectivity index (χ4n) is 2.52. The van der Waals surface area contributed by atoms with Gasteiger partial charge in [-0.05, 0) is 56.6 Å². The molecule has 1 aromatic carbocycles. The van der Waals surface area contributed by atoms with Gasteiger partial charge in [-0.1, -0.05) is 32.9 Å². The Bertz CT molecular complexity index is 404. The van der Waals surface area contributed by atoms with Gasteiger partial charge in [-0.2, -0.15) is 0 Å². The lowest BCUT2D eigenvalue weighted by Gasteiger charge is -2.24. The van der Waals surface area contributed by atoms with Gasteiger partial charge >= 0.3 is 0 Å². The topological polar surface area (TPSA) is 15.3 Å². The minimum Gasteiger partial charge on any atom is -0.310 e. The zero-order valence-electron chi connectivity index (χ0n) is 13.5. The number of hydrogen-bond donors (Lipinski definition) is 1. The number of aryl methyl sites for hydroxylation is 1. The van der Waals surface area contributed by atoms with Crippen molar-refractivity contribution < 1.29 is 4.39 Å². The first kappa shape index (κ1) is 17.1. The van der Waals surface area contributed by atoms with Gasteiger partial charge in [0.1, 0.15) is 5.82 Å². The SMILES string of the molecule is CCNC(CCN(C)CC(C)C)c1ccc(C)c(F)c1. The molecule has 0 aromatic heterocycles. The van der Waals surface area contributed by atoms with Crippen LogP contribution in [0.3, 0.4) is 0 Å². The molecule has 0 saturated heterocycles. The van der Waals surface area contributed by atoms with Crippen molar-refractivity contribution in [2.24, 2.45) is 5.92 Å². The van der Waals surface area contributed by atoms with Crippen LogP contribution >= 0.6 is 0 Å². The van der Waals surface area contributed by atoms with Crippen LogP contribution in [0.2, 0.25) is 0 Å². The summed E-state index contributed by atoms with van der Waals surface area (Å²) in [5, 5.41) is 3.46. The van der Waals surface area contributed by atoms with Crippen LogP contribution in [0.1, 0.15) is 44.4 Å². The monoisotopic (exact) mass is 280 g/mol. The van der Waals surface area contributed by atoms with Gasteiger partial charge in [-0.15, -0.1) is 0 Å². The molecule has 0 bridgehead atoms. The van der Waals surface area contributed by atoms with Crippen molar-refractivity contribution in [1.29, 1.82) is 0 Å². The number of benzene rings is 1. The fourth-order valence-corrected chi connectivity index (χ4v) is 2.52. The maximum absolute atomic E-state index is 13.7. The summed E-state index contributed by atoms with van der Waals surface area (Å²) >= 11 is 0. The maximum Gasteiger partial charge on any atom is 0.126 e. The molecule has 0 heterocycles. The van der Waals surface area contributed by atoms with E-state index in [0.717, 1.165) is 31.6 Å². The second-order valence-corrected chi connectivity index (χ2v) is 6.06. The van der Waals surface area contributed by atoms with E-state index in [1.165, 1.54) is 0 Å². The number of nitrogens with one attached hydrogen (secondary N) is 1. The van der Waals surface area contributed by atoms with Gasteiger partial charge < -0.3 is 10.2 Å². The Morgan fingerprint density at radius 2 is 2.00 bits per heavy atom. The molecule has 0 saturated carbocycles. The maximum atomic E-state index is 13.7. The number of nitrogens with zero attached hydrogens (tertiary/aromatic N) is 1. The van der Waals surface area contributed by atoms with Gasteiger partial charge in [0.25, 0.3) is 0 Å². The van der Waals surface area contributed by atoms with Gasteiger partial charge in [0.05, 0.1) is 0 Å². The van der Waals surface area contributed by atoms with Crippen molar-refractivity contribution in [3.63, 3.8) is 0 Å². The van der Waals surface area contributed by atoms with Gasteiger partial charge in [-0.25, -0.2) is 4.39 Å². The Balaban J connectivity index is 2.66. The number of hydrogen-bond acceptors (Lipinski definition) is 2. The van der Waals surface area contributed by atoms with E-state index in [-0.39, 0.29) is 11.9 Å². The van der Waals surface area contributed by atoms with E-state index in [1.54, 1.807) is 13.0 Å². The van der Waals surface area contributed by atoms with Gasteiger partial charge in [0, 0.05) is 12.6 Å². The molecule has 1 N–H and O–H groups in total. The van der Waals surface area contributed by atoms with Crippen LogP contribution in [0.25, 0.3) is 0 Å². The third kappa shape index (κ3) is 5.59. The Hall–Kier alpha value is -0.930. The molecule has 2 nitrogen and oxygen atoms in total. The summed E-state index contributed by atoms with van der Waals surface area (Å²) in [4.78, 5) is 2.35. The van der Waals surface area contributed by atoms with Gasteiger partial charge in [-0.3, -0.25) is 0 Å². The van der Waals surface area contributed by atoms with Crippen molar-refractivity contribution in [2.75, 3.05) is 26.7 Å². The molecule has 1 aromatic rings. The van der Waals surface area contributed by atoms with E-state index in [4.69, 9.17) is 0 Å². The molecule has 1 rings (SSSR count). The minimum absolute atomic E-state index is 0.110. The third-order valence-electron chi connectivity index (χ3n) is 3.53. The summed E-state index contributed by atoms with van der Waals surface area (Å²) in [6.07, 6.45) is 1.000. The van der Waals surface area contributed by atoms with Crippen molar-refractivity contribution in [1.82, 2.24) is 10.2 Å². The highest BCUT2D eigenvalue weighted by Crippen LogP contribution is 2.20. The third-order valence-corrected chi connectivity index (χ3v) is 3.53. The van der Waals surface area contributed by atoms with Crippen LogP contribution in [0.5, 0.6) is 0 Å². The molecular formula is C17H29FN2. The van der Waals surface area contributed by atoms with Crippen LogP contribution in [0.15, 0.2) is 18.2 Å². The Morgan fingerprint density at radius 1 is 1.30 bits per heavy atom. The molecule has 0 spiro atoms. The van der Waals surface area contributed by atoms with E-state index in [2.05, 4.69) is 38.0 Å². The zero-order valence-corrected chi connectivity index (χ0v) is 13.5. The molecule has 0 aliphatic carbocycles. The number of halogens is 1. The van der Waals surface area contributed by atoms with Gasteiger partial charge in [0.15, 0.2) is 0 Å². The summed E-state index contributed by atoms with van der Waals surface area (Å²) in [5.41, 5.74) is 1.76. The van der Waals surface area contributed by atoms with Crippen LogP contribution in [-0.2, 0) is 0 Å². The molecule has 114 valence electrons. The van der Waals surface area contributed by atoms with Crippen molar-refractivity contribution in [3.8, 4) is 0 Å². The average Bonchev–Trinajstić information content (AvgIpc) is 2.37. The normalized spacial score (nSPS) is 13.2. The second kappa shape index (κ2) is 8.38. The molecule has 1 atom stereocenters. The quantitative estimate of drug-likeness (QED) is 0.780. The van der Waals surface area contributed by atoms with Crippen LogP contribution in [-0.4, -0.2) is 31.6 Å². The smallest absolute Gasteiger partial charge is 0.126 e. The van der Waals surface area contributed by atoms with Crippen molar-refractivity contribution in [3.05, 3.63) is 35.1 Å². The van der Waals surface area contributed by atoms with E-state index in [9.17, 15) is 4.39 Å². The molecule has 0 aliphatic rings. The molecule has 0 amide bonds.